The van der Waals surface area contributed by atoms with Crippen molar-refractivity contribution in [1.29, 1.82) is 0 Å². The molecule has 0 radical (unpaired) electrons. The first-order chi connectivity index (χ1) is 5.22. The van der Waals surface area contributed by atoms with E-state index < -0.39 is 0 Å². The summed E-state index contributed by atoms with van der Waals surface area (Å²) < 4.78 is 2.60. The van der Waals surface area contributed by atoms with E-state index in [1.54, 1.807) is 18.0 Å². The molecular formula is C6H14N2OS2. The van der Waals surface area contributed by atoms with E-state index in [4.69, 9.17) is 5.73 Å². The molecule has 0 aromatic carbocycles. The van der Waals surface area contributed by atoms with E-state index in [1.807, 2.05) is 6.26 Å². The maximum Gasteiger partial charge on any atom is 0.246 e. The van der Waals surface area contributed by atoms with E-state index >= 15 is 0 Å². The Labute approximate surface area is 76.0 Å². The smallest absolute Gasteiger partial charge is 0.246 e. The molecule has 5 heteroatoms. The maximum atomic E-state index is 11.0. The van der Waals surface area contributed by atoms with Crippen LogP contribution in [-0.4, -0.2) is 30.2 Å². The maximum absolute atomic E-state index is 11.0. The second kappa shape index (κ2) is 6.82. The number of hydrogen-bond acceptors (Lipinski definition) is 4. The van der Waals surface area contributed by atoms with Crippen molar-refractivity contribution >= 4 is 29.6 Å². The van der Waals surface area contributed by atoms with Gasteiger partial charge in [0.05, 0.1) is 6.04 Å². The van der Waals surface area contributed by atoms with Gasteiger partial charge in [0.25, 0.3) is 0 Å². The van der Waals surface area contributed by atoms with Gasteiger partial charge in [-0.2, -0.15) is 11.8 Å². The predicted octanol–water partition coefficient (Wildman–Crippen LogP) is 0.461. The van der Waals surface area contributed by atoms with E-state index in [0.29, 0.717) is 0 Å². The molecule has 66 valence electrons. The van der Waals surface area contributed by atoms with Gasteiger partial charge in [-0.05, 0) is 18.4 Å². The number of carbonyl (C=O) groups excluding carboxylic acids is 1. The lowest BCUT2D eigenvalue weighted by atomic mass is 10.2. The zero-order valence-corrected chi connectivity index (χ0v) is 8.43. The Morgan fingerprint density at radius 2 is 2.27 bits per heavy atom. The van der Waals surface area contributed by atoms with Gasteiger partial charge in [-0.3, -0.25) is 9.52 Å². The number of nitrogens with two attached hydrogens (primary N) is 1. The van der Waals surface area contributed by atoms with Crippen LogP contribution in [0.4, 0.5) is 0 Å². The van der Waals surface area contributed by atoms with Gasteiger partial charge >= 0.3 is 0 Å². The van der Waals surface area contributed by atoms with Crippen LogP contribution in [0.15, 0.2) is 0 Å². The van der Waals surface area contributed by atoms with Crippen LogP contribution in [0.2, 0.25) is 0 Å². The van der Waals surface area contributed by atoms with Gasteiger partial charge in [0, 0.05) is 6.26 Å². The normalized spacial score (nSPS) is 12.6. The van der Waals surface area contributed by atoms with Crippen LogP contribution in [0.1, 0.15) is 6.42 Å². The second-order valence-corrected chi connectivity index (χ2v) is 3.66. The molecule has 3 nitrogen and oxygen atoms in total. The molecule has 0 spiro atoms. The molecule has 1 amide bonds. The summed E-state index contributed by atoms with van der Waals surface area (Å²) in [7, 11) is 0. The molecule has 0 aliphatic heterocycles. The highest BCUT2D eigenvalue weighted by atomic mass is 32.2. The Morgan fingerprint density at radius 1 is 1.64 bits per heavy atom. The molecule has 0 rings (SSSR count). The van der Waals surface area contributed by atoms with Crippen LogP contribution in [-0.2, 0) is 4.79 Å². The zero-order valence-electron chi connectivity index (χ0n) is 6.79. The standard InChI is InChI=1S/C6H14N2OS2/c1-10-4-3-5(7)6(9)8-11-2/h5H,3-4,7H2,1-2H3,(H,8,9)/t5-/m0/s1. The molecule has 0 aliphatic rings. The van der Waals surface area contributed by atoms with Crippen LogP contribution in [0.5, 0.6) is 0 Å². The minimum absolute atomic E-state index is 0.0773. The van der Waals surface area contributed by atoms with Crippen molar-refractivity contribution in [2.24, 2.45) is 5.73 Å². The van der Waals surface area contributed by atoms with Gasteiger partial charge in [0.2, 0.25) is 5.91 Å². The SMILES string of the molecule is CSCC[C@H](N)C(=O)NSC. The Bertz CT molecular complexity index is 121. The summed E-state index contributed by atoms with van der Waals surface area (Å²) in [5.41, 5.74) is 5.55. The first kappa shape index (κ1) is 11.1. The Hall–Kier alpha value is 0.130. The molecule has 0 unspecified atom stereocenters. The van der Waals surface area contributed by atoms with Crippen LogP contribution in [0.3, 0.4) is 0 Å². The van der Waals surface area contributed by atoms with E-state index in [-0.39, 0.29) is 11.9 Å². The van der Waals surface area contributed by atoms with E-state index in [0.717, 1.165) is 12.2 Å². The first-order valence-corrected chi connectivity index (χ1v) is 5.91. The van der Waals surface area contributed by atoms with Crippen molar-refractivity contribution in [2.45, 2.75) is 12.5 Å². The van der Waals surface area contributed by atoms with Gasteiger partial charge in [0.15, 0.2) is 0 Å². The van der Waals surface area contributed by atoms with Crippen LogP contribution in [0, 0.1) is 0 Å². The molecule has 0 heterocycles. The molecule has 0 fully saturated rings. The summed E-state index contributed by atoms with van der Waals surface area (Å²) in [4.78, 5) is 11.0. The van der Waals surface area contributed by atoms with Crippen LogP contribution in [0.25, 0.3) is 0 Å². The number of carbonyl (C=O) groups is 1. The number of amides is 1. The lowest BCUT2D eigenvalue weighted by molar-refractivity contribution is -0.120. The third-order valence-electron chi connectivity index (χ3n) is 1.17. The summed E-state index contributed by atoms with van der Waals surface area (Å²) in [5.74, 6) is 0.856. The minimum atomic E-state index is -0.352. The minimum Gasteiger partial charge on any atom is -0.320 e. The Morgan fingerprint density at radius 3 is 2.73 bits per heavy atom. The molecule has 0 bridgehead atoms. The molecule has 3 N–H and O–H groups in total. The fourth-order valence-corrected chi connectivity index (χ4v) is 1.39. The monoisotopic (exact) mass is 194 g/mol. The molecule has 0 aromatic rings. The highest BCUT2D eigenvalue weighted by Gasteiger charge is 2.10. The average molecular weight is 194 g/mol. The van der Waals surface area contributed by atoms with Crippen molar-refractivity contribution in [2.75, 3.05) is 18.3 Å². The topological polar surface area (TPSA) is 55.1 Å². The third-order valence-corrected chi connectivity index (χ3v) is 2.22. The molecule has 0 saturated heterocycles. The molecule has 0 aliphatic carbocycles. The fraction of sp³-hybridized carbons (Fsp3) is 0.833. The highest BCUT2D eigenvalue weighted by Crippen LogP contribution is 1.99. The van der Waals surface area contributed by atoms with E-state index in [1.165, 1.54) is 11.9 Å². The highest BCUT2D eigenvalue weighted by molar-refractivity contribution is 7.98. The fourth-order valence-electron chi connectivity index (χ4n) is 0.552. The van der Waals surface area contributed by atoms with Gasteiger partial charge in [-0.1, -0.05) is 11.9 Å². The van der Waals surface area contributed by atoms with Crippen molar-refractivity contribution in [3.05, 3.63) is 0 Å². The number of nitrogens with one attached hydrogen (secondary N) is 1. The molecule has 0 aromatic heterocycles. The zero-order chi connectivity index (χ0) is 8.69. The summed E-state index contributed by atoms with van der Waals surface area (Å²) in [6.45, 7) is 0. The van der Waals surface area contributed by atoms with E-state index in [9.17, 15) is 4.79 Å². The lowest BCUT2D eigenvalue weighted by Crippen LogP contribution is -2.37. The van der Waals surface area contributed by atoms with Crippen molar-refractivity contribution in [3.8, 4) is 0 Å². The summed E-state index contributed by atoms with van der Waals surface area (Å²) in [6.07, 6.45) is 4.55. The van der Waals surface area contributed by atoms with Crippen LogP contribution >= 0.6 is 23.7 Å². The van der Waals surface area contributed by atoms with Crippen molar-refractivity contribution in [1.82, 2.24) is 4.72 Å². The number of hydrogen-bond donors (Lipinski definition) is 2. The average Bonchev–Trinajstić information content (AvgIpc) is 2.00. The van der Waals surface area contributed by atoms with Crippen molar-refractivity contribution in [3.63, 3.8) is 0 Å². The van der Waals surface area contributed by atoms with Gasteiger partial charge in [-0.15, -0.1) is 0 Å². The Balaban J connectivity index is 3.46. The third kappa shape index (κ3) is 5.41. The summed E-state index contributed by atoms with van der Waals surface area (Å²) in [6, 6.07) is -0.352. The number of rotatable bonds is 5. The lowest BCUT2D eigenvalue weighted by Gasteiger charge is -2.08. The van der Waals surface area contributed by atoms with Crippen molar-refractivity contribution < 1.29 is 4.79 Å². The summed E-state index contributed by atoms with van der Waals surface area (Å²) >= 11 is 2.98. The Kier molecular flexibility index (Phi) is 6.90. The van der Waals surface area contributed by atoms with Gasteiger partial charge < -0.3 is 5.73 Å². The van der Waals surface area contributed by atoms with Gasteiger partial charge in [-0.25, -0.2) is 0 Å². The van der Waals surface area contributed by atoms with E-state index in [2.05, 4.69) is 4.72 Å². The largest absolute Gasteiger partial charge is 0.320 e. The molecule has 0 saturated carbocycles. The first-order valence-electron chi connectivity index (χ1n) is 3.29. The number of thioether (sulfide) groups is 1. The van der Waals surface area contributed by atoms with Gasteiger partial charge in [0.1, 0.15) is 0 Å². The molecule has 11 heavy (non-hydrogen) atoms. The predicted molar refractivity (Wildman–Crippen MR) is 52.6 cm³/mol. The van der Waals surface area contributed by atoms with Crippen LogP contribution < -0.4 is 10.5 Å². The molecule has 1 atom stereocenters. The second-order valence-electron chi connectivity index (χ2n) is 2.06. The summed E-state index contributed by atoms with van der Waals surface area (Å²) in [5, 5.41) is 0. The quantitative estimate of drug-likeness (QED) is 0.624. The molecular weight excluding hydrogens is 180 g/mol.